The van der Waals surface area contributed by atoms with Crippen LogP contribution in [0.15, 0.2) is 51.4 Å². The first-order valence-corrected chi connectivity index (χ1v) is 7.45. The van der Waals surface area contributed by atoms with Crippen LogP contribution in [-0.2, 0) is 6.54 Å². The van der Waals surface area contributed by atoms with Crippen molar-refractivity contribution in [1.29, 1.82) is 0 Å². The minimum absolute atomic E-state index is 0.0963. The van der Waals surface area contributed by atoms with Crippen molar-refractivity contribution in [2.75, 3.05) is 11.9 Å². The molecule has 20 heavy (non-hydrogen) atoms. The molecule has 0 amide bonds. The molecule has 6 heteroatoms. The van der Waals surface area contributed by atoms with Crippen molar-refractivity contribution >= 4 is 43.2 Å². The van der Waals surface area contributed by atoms with Crippen molar-refractivity contribution < 1.29 is 4.92 Å². The highest BCUT2D eigenvalue weighted by molar-refractivity contribution is 9.10. The Kier molecular flexibility index (Phi) is 4.77. The number of hydrogen-bond acceptors (Lipinski definition) is 3. The number of hydrogen-bond donors (Lipinski definition) is 0. The second-order valence-corrected chi connectivity index (χ2v) is 6.20. The van der Waals surface area contributed by atoms with Crippen LogP contribution >= 0.6 is 31.9 Å². The lowest BCUT2D eigenvalue weighted by Gasteiger charge is -2.19. The molecule has 0 saturated heterocycles. The zero-order valence-electron chi connectivity index (χ0n) is 10.7. The Labute approximate surface area is 133 Å². The predicted molar refractivity (Wildman–Crippen MR) is 87.0 cm³/mol. The molecule has 2 rings (SSSR count). The van der Waals surface area contributed by atoms with E-state index in [1.54, 1.807) is 12.1 Å². The molecule has 0 aromatic heterocycles. The first-order chi connectivity index (χ1) is 9.47. The number of benzene rings is 2. The fourth-order valence-corrected chi connectivity index (χ4v) is 2.53. The van der Waals surface area contributed by atoms with Gasteiger partial charge in [-0.2, -0.15) is 0 Å². The maximum atomic E-state index is 11.1. The SMILES string of the molecule is CN(Cc1ccc(Br)cc1)c1ccc(Br)cc1[N+](=O)[O-]. The van der Waals surface area contributed by atoms with Crippen LogP contribution in [0.4, 0.5) is 11.4 Å². The number of nitro benzene ring substituents is 1. The quantitative estimate of drug-likeness (QED) is 0.550. The van der Waals surface area contributed by atoms with Gasteiger partial charge < -0.3 is 4.90 Å². The molecule has 0 unspecified atom stereocenters. The molecule has 2 aromatic rings. The topological polar surface area (TPSA) is 46.4 Å². The van der Waals surface area contributed by atoms with Crippen LogP contribution in [0.3, 0.4) is 0 Å². The average Bonchev–Trinajstić information content (AvgIpc) is 2.41. The van der Waals surface area contributed by atoms with Crippen molar-refractivity contribution in [2.45, 2.75) is 6.54 Å². The molecule has 4 nitrogen and oxygen atoms in total. The summed E-state index contributed by atoms with van der Waals surface area (Å²) in [6, 6.07) is 13.0. The van der Waals surface area contributed by atoms with E-state index in [2.05, 4.69) is 31.9 Å². The van der Waals surface area contributed by atoms with Gasteiger partial charge in [-0.1, -0.05) is 44.0 Å². The normalized spacial score (nSPS) is 10.3. The van der Waals surface area contributed by atoms with Crippen LogP contribution in [0, 0.1) is 10.1 Å². The number of nitro groups is 1. The Morgan fingerprint density at radius 3 is 2.30 bits per heavy atom. The second-order valence-electron chi connectivity index (χ2n) is 4.37. The van der Waals surface area contributed by atoms with Crippen LogP contribution < -0.4 is 4.90 Å². The highest BCUT2D eigenvalue weighted by Gasteiger charge is 2.17. The lowest BCUT2D eigenvalue weighted by atomic mass is 10.2. The monoisotopic (exact) mass is 398 g/mol. The third kappa shape index (κ3) is 3.58. The predicted octanol–water partition coefficient (Wildman–Crippen LogP) is 4.76. The Balaban J connectivity index is 2.27. The van der Waals surface area contributed by atoms with Gasteiger partial charge >= 0.3 is 0 Å². The van der Waals surface area contributed by atoms with Crippen molar-refractivity contribution in [3.05, 3.63) is 67.1 Å². The van der Waals surface area contributed by atoms with Crippen LogP contribution in [0.25, 0.3) is 0 Å². The van der Waals surface area contributed by atoms with E-state index in [1.807, 2.05) is 36.2 Å². The lowest BCUT2D eigenvalue weighted by Crippen LogP contribution is -2.17. The van der Waals surface area contributed by atoms with Gasteiger partial charge in [0.15, 0.2) is 0 Å². The zero-order chi connectivity index (χ0) is 14.7. The van der Waals surface area contributed by atoms with E-state index in [9.17, 15) is 10.1 Å². The van der Waals surface area contributed by atoms with Gasteiger partial charge in [0.2, 0.25) is 0 Å². The molecule has 0 spiro atoms. The summed E-state index contributed by atoms with van der Waals surface area (Å²) < 4.78 is 1.71. The number of nitrogens with zero attached hydrogens (tertiary/aromatic N) is 2. The Hall–Kier alpha value is -1.40. The number of halogens is 2. The van der Waals surface area contributed by atoms with Crippen LogP contribution in [0.5, 0.6) is 0 Å². The second kappa shape index (κ2) is 6.37. The van der Waals surface area contributed by atoms with Crippen LogP contribution in [0.1, 0.15) is 5.56 Å². The highest BCUT2D eigenvalue weighted by atomic mass is 79.9. The van der Waals surface area contributed by atoms with E-state index in [4.69, 9.17) is 0 Å². The van der Waals surface area contributed by atoms with E-state index in [-0.39, 0.29) is 10.6 Å². The fraction of sp³-hybridized carbons (Fsp3) is 0.143. The standard InChI is InChI=1S/C14H12Br2N2O2/c1-17(9-10-2-4-11(15)5-3-10)13-7-6-12(16)8-14(13)18(19)20/h2-8H,9H2,1H3. The van der Waals surface area contributed by atoms with E-state index in [1.165, 1.54) is 6.07 Å². The molecule has 104 valence electrons. The molecular formula is C14H12Br2N2O2. The van der Waals surface area contributed by atoms with Gasteiger partial charge in [0.1, 0.15) is 5.69 Å². The molecular weight excluding hydrogens is 388 g/mol. The largest absolute Gasteiger partial charge is 0.365 e. The summed E-state index contributed by atoms with van der Waals surface area (Å²) >= 11 is 6.65. The lowest BCUT2D eigenvalue weighted by molar-refractivity contribution is -0.384. The summed E-state index contributed by atoms with van der Waals surface area (Å²) in [5.41, 5.74) is 1.79. The van der Waals surface area contributed by atoms with Gasteiger partial charge in [0.05, 0.1) is 4.92 Å². The van der Waals surface area contributed by atoms with Crippen molar-refractivity contribution in [3.8, 4) is 0 Å². The number of rotatable bonds is 4. The fourth-order valence-electron chi connectivity index (χ4n) is 1.91. The minimum atomic E-state index is -0.363. The summed E-state index contributed by atoms with van der Waals surface area (Å²) in [6.07, 6.45) is 0. The first-order valence-electron chi connectivity index (χ1n) is 5.87. The van der Waals surface area contributed by atoms with Gasteiger partial charge in [-0.15, -0.1) is 0 Å². The molecule has 0 atom stereocenters. The molecule has 0 saturated carbocycles. The molecule has 0 aliphatic heterocycles. The van der Waals surface area contributed by atoms with Gasteiger partial charge in [-0.25, -0.2) is 0 Å². The van der Waals surface area contributed by atoms with E-state index in [0.717, 1.165) is 10.0 Å². The summed E-state index contributed by atoms with van der Waals surface area (Å²) in [4.78, 5) is 12.6. The molecule has 0 radical (unpaired) electrons. The van der Waals surface area contributed by atoms with E-state index < -0.39 is 0 Å². The zero-order valence-corrected chi connectivity index (χ0v) is 13.9. The van der Waals surface area contributed by atoms with Gasteiger partial charge in [-0.05, 0) is 29.8 Å². The van der Waals surface area contributed by atoms with E-state index >= 15 is 0 Å². The molecule has 0 aliphatic rings. The highest BCUT2D eigenvalue weighted by Crippen LogP contribution is 2.31. The van der Waals surface area contributed by atoms with E-state index in [0.29, 0.717) is 16.7 Å². The van der Waals surface area contributed by atoms with Crippen molar-refractivity contribution in [3.63, 3.8) is 0 Å². The Bertz CT molecular complexity index is 630. The summed E-state index contributed by atoms with van der Waals surface area (Å²) in [5.74, 6) is 0. The van der Waals surface area contributed by atoms with Crippen LogP contribution in [-0.4, -0.2) is 12.0 Å². The Morgan fingerprint density at radius 1 is 1.10 bits per heavy atom. The molecule has 2 aromatic carbocycles. The maximum Gasteiger partial charge on any atom is 0.293 e. The van der Waals surface area contributed by atoms with Gasteiger partial charge in [0, 0.05) is 28.6 Å². The third-order valence-corrected chi connectivity index (χ3v) is 3.90. The molecule has 0 bridgehead atoms. The smallest absolute Gasteiger partial charge is 0.293 e. The first kappa shape index (κ1) is 15.0. The average molecular weight is 400 g/mol. The van der Waals surface area contributed by atoms with Gasteiger partial charge in [0.25, 0.3) is 5.69 Å². The molecule has 0 fully saturated rings. The van der Waals surface area contributed by atoms with Crippen molar-refractivity contribution in [1.82, 2.24) is 0 Å². The van der Waals surface area contributed by atoms with Crippen molar-refractivity contribution in [2.24, 2.45) is 0 Å². The van der Waals surface area contributed by atoms with Gasteiger partial charge in [-0.3, -0.25) is 10.1 Å². The number of anilines is 1. The maximum absolute atomic E-state index is 11.1. The summed E-state index contributed by atoms with van der Waals surface area (Å²) in [7, 11) is 1.85. The minimum Gasteiger partial charge on any atom is -0.365 e. The third-order valence-electron chi connectivity index (χ3n) is 2.88. The summed E-state index contributed by atoms with van der Waals surface area (Å²) in [5, 5.41) is 11.1. The Morgan fingerprint density at radius 2 is 1.70 bits per heavy atom. The molecule has 0 aliphatic carbocycles. The van der Waals surface area contributed by atoms with Crippen LogP contribution in [0.2, 0.25) is 0 Å². The molecule has 0 N–H and O–H groups in total. The molecule has 0 heterocycles. The summed E-state index contributed by atoms with van der Waals surface area (Å²) in [6.45, 7) is 0.607.